The Morgan fingerprint density at radius 1 is 1.40 bits per heavy atom. The summed E-state index contributed by atoms with van der Waals surface area (Å²) in [7, 11) is 0. The summed E-state index contributed by atoms with van der Waals surface area (Å²) in [6.45, 7) is 5.57. The van der Waals surface area contributed by atoms with Crippen LogP contribution in [0.5, 0.6) is 0 Å². The molecule has 2 aromatic rings. The molecule has 0 bridgehead atoms. The fraction of sp³-hybridized carbons (Fsp3) is 0.571. The molecule has 0 fully saturated rings. The van der Waals surface area contributed by atoms with Crippen molar-refractivity contribution < 1.29 is 4.74 Å². The molecule has 6 heteroatoms. The zero-order valence-corrected chi connectivity index (χ0v) is 13.2. The SMILES string of the molecule is CC1(C)Cc2c(sc3nc4n(c(=O)c23)CCCS4)CO1. The van der Waals surface area contributed by atoms with Crippen molar-refractivity contribution >= 4 is 33.3 Å². The maximum atomic E-state index is 12.8. The number of hydrogen-bond acceptors (Lipinski definition) is 5. The molecule has 4 rings (SSSR count). The lowest BCUT2D eigenvalue weighted by Gasteiger charge is -2.30. The van der Waals surface area contributed by atoms with Crippen LogP contribution < -0.4 is 5.56 Å². The van der Waals surface area contributed by atoms with Crippen LogP contribution in [0.3, 0.4) is 0 Å². The first-order valence-corrected chi connectivity index (χ1v) is 8.67. The highest BCUT2D eigenvalue weighted by molar-refractivity contribution is 7.99. The summed E-state index contributed by atoms with van der Waals surface area (Å²) in [5.41, 5.74) is 1.12. The zero-order valence-electron chi connectivity index (χ0n) is 11.6. The summed E-state index contributed by atoms with van der Waals surface area (Å²) in [5, 5.41) is 1.72. The van der Waals surface area contributed by atoms with E-state index in [2.05, 4.69) is 13.8 Å². The lowest BCUT2D eigenvalue weighted by Crippen LogP contribution is -2.32. The van der Waals surface area contributed by atoms with Gasteiger partial charge in [0.1, 0.15) is 4.83 Å². The maximum Gasteiger partial charge on any atom is 0.263 e. The van der Waals surface area contributed by atoms with Gasteiger partial charge in [-0.25, -0.2) is 4.98 Å². The second-order valence-corrected chi connectivity index (χ2v) is 8.11. The Labute approximate surface area is 125 Å². The molecular weight excluding hydrogens is 292 g/mol. The highest BCUT2D eigenvalue weighted by Crippen LogP contribution is 2.37. The van der Waals surface area contributed by atoms with Crippen LogP contribution >= 0.6 is 23.1 Å². The van der Waals surface area contributed by atoms with Gasteiger partial charge in [-0.05, 0) is 25.8 Å². The molecule has 4 heterocycles. The largest absolute Gasteiger partial charge is 0.370 e. The van der Waals surface area contributed by atoms with Crippen molar-refractivity contribution in [1.29, 1.82) is 0 Å². The van der Waals surface area contributed by atoms with Gasteiger partial charge in [0.25, 0.3) is 5.56 Å². The number of rotatable bonds is 0. The Bertz CT molecular complexity index is 761. The van der Waals surface area contributed by atoms with E-state index >= 15 is 0 Å². The predicted octanol–water partition coefficient (Wildman–Crippen LogP) is 2.81. The Balaban J connectivity index is 2.01. The first-order chi connectivity index (χ1) is 9.55. The minimum absolute atomic E-state index is 0.146. The number of thioether (sulfide) groups is 1. The van der Waals surface area contributed by atoms with Crippen molar-refractivity contribution in [2.45, 2.75) is 50.6 Å². The molecule has 0 saturated heterocycles. The van der Waals surface area contributed by atoms with Crippen LogP contribution in [-0.4, -0.2) is 20.9 Å². The quantitative estimate of drug-likeness (QED) is 0.702. The normalized spacial score (nSPS) is 20.7. The van der Waals surface area contributed by atoms with E-state index in [1.165, 1.54) is 10.4 Å². The van der Waals surface area contributed by atoms with Crippen LogP contribution in [0.15, 0.2) is 9.95 Å². The molecule has 2 aliphatic heterocycles. The third-order valence-electron chi connectivity index (χ3n) is 3.91. The Hall–Kier alpha value is -0.850. The molecule has 0 N–H and O–H groups in total. The van der Waals surface area contributed by atoms with Crippen molar-refractivity contribution in [2.24, 2.45) is 0 Å². The number of nitrogens with zero attached hydrogens (tertiary/aromatic N) is 2. The number of ether oxygens (including phenoxy) is 1. The third-order valence-corrected chi connectivity index (χ3v) is 6.08. The standard InChI is InChI=1S/C14H16N2O2S2/c1-14(2)6-8-9(7-18-14)20-11-10(8)12(17)16-4-3-5-19-13(16)15-11/h3-7H2,1-2H3. The second-order valence-electron chi connectivity index (χ2n) is 5.96. The van der Waals surface area contributed by atoms with Crippen molar-refractivity contribution in [3.63, 3.8) is 0 Å². The summed E-state index contributed by atoms with van der Waals surface area (Å²) in [5.74, 6) is 1.05. The Kier molecular flexibility index (Phi) is 2.78. The molecule has 2 aromatic heterocycles. The van der Waals surface area contributed by atoms with Gasteiger partial charge in [0.15, 0.2) is 5.16 Å². The van der Waals surface area contributed by atoms with E-state index in [-0.39, 0.29) is 11.2 Å². The average Bonchev–Trinajstić information content (AvgIpc) is 2.75. The third kappa shape index (κ3) is 1.85. The van der Waals surface area contributed by atoms with Gasteiger partial charge < -0.3 is 4.74 Å². The fourth-order valence-electron chi connectivity index (χ4n) is 2.90. The molecular formula is C14H16N2O2S2. The smallest absolute Gasteiger partial charge is 0.263 e. The number of fused-ring (bicyclic) bond motifs is 4. The summed E-state index contributed by atoms with van der Waals surface area (Å²) < 4.78 is 7.71. The van der Waals surface area contributed by atoms with Crippen molar-refractivity contribution in [3.8, 4) is 0 Å². The van der Waals surface area contributed by atoms with Gasteiger partial charge >= 0.3 is 0 Å². The number of thiophene rings is 1. The molecule has 0 amide bonds. The van der Waals surface area contributed by atoms with Crippen LogP contribution in [-0.2, 0) is 24.3 Å². The summed E-state index contributed by atoms with van der Waals surface area (Å²) >= 11 is 3.32. The molecule has 0 unspecified atom stereocenters. The van der Waals surface area contributed by atoms with E-state index in [0.717, 1.165) is 40.5 Å². The lowest BCUT2D eigenvalue weighted by molar-refractivity contribution is -0.0379. The number of hydrogen-bond donors (Lipinski definition) is 0. The van der Waals surface area contributed by atoms with Gasteiger partial charge in [-0.1, -0.05) is 11.8 Å². The highest BCUT2D eigenvalue weighted by atomic mass is 32.2. The first kappa shape index (κ1) is 12.9. The van der Waals surface area contributed by atoms with Crippen LogP contribution in [0.4, 0.5) is 0 Å². The molecule has 0 saturated carbocycles. The van der Waals surface area contributed by atoms with Crippen molar-refractivity contribution in [1.82, 2.24) is 9.55 Å². The number of aromatic nitrogens is 2. The maximum absolute atomic E-state index is 12.8. The van der Waals surface area contributed by atoms with Gasteiger partial charge in [0.2, 0.25) is 0 Å². The van der Waals surface area contributed by atoms with Gasteiger partial charge in [-0.3, -0.25) is 9.36 Å². The van der Waals surface area contributed by atoms with E-state index in [1.807, 2.05) is 4.57 Å². The molecule has 0 spiro atoms. The average molecular weight is 308 g/mol. The van der Waals surface area contributed by atoms with E-state index < -0.39 is 0 Å². The molecule has 2 aliphatic rings. The molecule has 0 radical (unpaired) electrons. The first-order valence-electron chi connectivity index (χ1n) is 6.87. The molecule has 0 aromatic carbocycles. The van der Waals surface area contributed by atoms with Crippen molar-refractivity contribution in [2.75, 3.05) is 5.75 Å². The zero-order chi connectivity index (χ0) is 13.9. The summed E-state index contributed by atoms with van der Waals surface area (Å²) in [6.07, 6.45) is 1.84. The van der Waals surface area contributed by atoms with Gasteiger partial charge in [0.05, 0.1) is 17.6 Å². The predicted molar refractivity (Wildman–Crippen MR) is 81.8 cm³/mol. The van der Waals surface area contributed by atoms with E-state index in [9.17, 15) is 4.79 Å². The van der Waals surface area contributed by atoms with E-state index in [4.69, 9.17) is 9.72 Å². The molecule has 0 atom stereocenters. The summed E-state index contributed by atoms with van der Waals surface area (Å²) in [6, 6.07) is 0. The van der Waals surface area contributed by atoms with Crippen LogP contribution in [0.25, 0.3) is 10.2 Å². The van der Waals surface area contributed by atoms with E-state index in [1.54, 1.807) is 23.1 Å². The topological polar surface area (TPSA) is 44.1 Å². The van der Waals surface area contributed by atoms with Gasteiger partial charge in [-0.2, -0.15) is 0 Å². The highest BCUT2D eigenvalue weighted by Gasteiger charge is 2.31. The van der Waals surface area contributed by atoms with Gasteiger partial charge in [-0.15, -0.1) is 11.3 Å². The second kappa shape index (κ2) is 4.32. The van der Waals surface area contributed by atoms with E-state index in [0.29, 0.717) is 6.61 Å². The minimum Gasteiger partial charge on any atom is -0.370 e. The monoisotopic (exact) mass is 308 g/mol. The summed E-state index contributed by atoms with van der Waals surface area (Å²) in [4.78, 5) is 19.6. The molecule has 20 heavy (non-hydrogen) atoms. The molecule has 106 valence electrons. The van der Waals surface area contributed by atoms with Crippen LogP contribution in [0, 0.1) is 0 Å². The van der Waals surface area contributed by atoms with Crippen LogP contribution in [0.1, 0.15) is 30.7 Å². The molecule has 0 aliphatic carbocycles. The Morgan fingerprint density at radius 3 is 3.10 bits per heavy atom. The fourth-order valence-corrected chi connectivity index (χ4v) is 4.99. The van der Waals surface area contributed by atoms with Crippen LogP contribution in [0.2, 0.25) is 0 Å². The van der Waals surface area contributed by atoms with Crippen molar-refractivity contribution in [3.05, 3.63) is 20.8 Å². The lowest BCUT2D eigenvalue weighted by atomic mass is 9.94. The Morgan fingerprint density at radius 2 is 2.25 bits per heavy atom. The van der Waals surface area contributed by atoms with Gasteiger partial charge in [0, 0.05) is 23.6 Å². The minimum atomic E-state index is -0.192. The molecule has 4 nitrogen and oxygen atoms in total.